The van der Waals surface area contributed by atoms with Gasteiger partial charge in [0.15, 0.2) is 0 Å². The predicted molar refractivity (Wildman–Crippen MR) is 87.4 cm³/mol. The lowest BCUT2D eigenvalue weighted by Gasteiger charge is -2.04. The standard InChI is InChI=1S/C17H16ClN3O/c1-12-2-4-13(5-3-12)17(22)19-9-8-15-11-21-10-14(18)6-7-16(21)20-15/h2-7,10-11H,8-9H2,1H3,(H,19,22). The number of hydrogen-bond acceptors (Lipinski definition) is 2. The average molecular weight is 314 g/mol. The zero-order chi connectivity index (χ0) is 15.5. The molecular formula is C17H16ClN3O. The van der Waals surface area contributed by atoms with Crippen LogP contribution < -0.4 is 5.32 Å². The van der Waals surface area contributed by atoms with Gasteiger partial charge in [0.25, 0.3) is 5.91 Å². The Hall–Kier alpha value is -2.33. The number of aryl methyl sites for hydroxylation is 1. The number of rotatable bonds is 4. The van der Waals surface area contributed by atoms with Crippen LogP contribution in [0.4, 0.5) is 0 Å². The van der Waals surface area contributed by atoms with E-state index in [0.717, 1.165) is 16.9 Å². The van der Waals surface area contributed by atoms with Gasteiger partial charge in [0.05, 0.1) is 10.7 Å². The van der Waals surface area contributed by atoms with Gasteiger partial charge in [-0.25, -0.2) is 4.98 Å². The van der Waals surface area contributed by atoms with Crippen LogP contribution in [0.25, 0.3) is 5.65 Å². The number of carbonyl (C=O) groups is 1. The third-order valence-electron chi connectivity index (χ3n) is 3.45. The van der Waals surface area contributed by atoms with Crippen molar-refractivity contribution in [2.75, 3.05) is 6.54 Å². The molecule has 3 aromatic rings. The Bertz CT molecular complexity index is 808. The molecule has 1 N–H and O–H groups in total. The summed E-state index contributed by atoms with van der Waals surface area (Å²) in [5.74, 6) is -0.0631. The van der Waals surface area contributed by atoms with E-state index in [1.165, 1.54) is 0 Å². The first-order valence-electron chi connectivity index (χ1n) is 7.10. The molecule has 0 saturated carbocycles. The molecule has 0 aliphatic heterocycles. The van der Waals surface area contributed by atoms with Crippen LogP contribution in [0.2, 0.25) is 5.02 Å². The first kappa shape index (κ1) is 14.6. The molecule has 1 aromatic carbocycles. The molecule has 22 heavy (non-hydrogen) atoms. The second-order valence-electron chi connectivity index (χ2n) is 5.22. The number of benzene rings is 1. The Kier molecular flexibility index (Phi) is 4.11. The van der Waals surface area contributed by atoms with Gasteiger partial charge in [0.1, 0.15) is 5.65 Å². The number of nitrogens with one attached hydrogen (secondary N) is 1. The highest BCUT2D eigenvalue weighted by molar-refractivity contribution is 6.30. The highest BCUT2D eigenvalue weighted by Gasteiger charge is 2.06. The third-order valence-corrected chi connectivity index (χ3v) is 3.67. The number of hydrogen-bond donors (Lipinski definition) is 1. The monoisotopic (exact) mass is 313 g/mol. The van der Waals surface area contributed by atoms with Crippen molar-refractivity contribution in [1.82, 2.24) is 14.7 Å². The number of aromatic nitrogens is 2. The number of nitrogens with zero attached hydrogens (tertiary/aromatic N) is 2. The van der Waals surface area contributed by atoms with Crippen LogP contribution in [0.15, 0.2) is 48.8 Å². The summed E-state index contributed by atoms with van der Waals surface area (Å²) in [7, 11) is 0. The lowest BCUT2D eigenvalue weighted by atomic mass is 10.1. The Morgan fingerprint density at radius 1 is 1.18 bits per heavy atom. The third kappa shape index (κ3) is 3.28. The van der Waals surface area contributed by atoms with E-state index in [1.807, 2.05) is 60.1 Å². The molecule has 112 valence electrons. The Morgan fingerprint density at radius 2 is 1.95 bits per heavy atom. The molecule has 4 nitrogen and oxygen atoms in total. The van der Waals surface area contributed by atoms with Crippen LogP contribution >= 0.6 is 11.6 Å². The fourth-order valence-corrected chi connectivity index (χ4v) is 2.42. The topological polar surface area (TPSA) is 46.4 Å². The number of amides is 1. The van der Waals surface area contributed by atoms with E-state index in [1.54, 1.807) is 0 Å². The van der Waals surface area contributed by atoms with Crippen molar-refractivity contribution in [3.05, 3.63) is 70.6 Å². The number of imidazole rings is 1. The average Bonchev–Trinajstić information content (AvgIpc) is 2.89. The molecule has 0 bridgehead atoms. The van der Waals surface area contributed by atoms with Crippen molar-refractivity contribution in [2.24, 2.45) is 0 Å². The molecule has 0 aliphatic carbocycles. The van der Waals surface area contributed by atoms with E-state index in [4.69, 9.17) is 11.6 Å². The van der Waals surface area contributed by atoms with Gasteiger partial charge < -0.3 is 9.72 Å². The molecule has 0 saturated heterocycles. The maximum absolute atomic E-state index is 12.0. The number of pyridine rings is 1. The number of fused-ring (bicyclic) bond motifs is 1. The van der Waals surface area contributed by atoms with Crippen LogP contribution in [0, 0.1) is 6.92 Å². The van der Waals surface area contributed by atoms with Gasteiger partial charge in [-0.15, -0.1) is 0 Å². The predicted octanol–water partition coefficient (Wildman–Crippen LogP) is 3.27. The molecule has 0 aliphatic rings. The zero-order valence-corrected chi connectivity index (χ0v) is 13.0. The van der Waals surface area contributed by atoms with Gasteiger partial charge >= 0.3 is 0 Å². The van der Waals surface area contributed by atoms with E-state index in [2.05, 4.69) is 10.3 Å². The quantitative estimate of drug-likeness (QED) is 0.803. The van der Waals surface area contributed by atoms with E-state index in [0.29, 0.717) is 23.6 Å². The van der Waals surface area contributed by atoms with E-state index >= 15 is 0 Å². The van der Waals surface area contributed by atoms with E-state index in [-0.39, 0.29) is 5.91 Å². The molecular weight excluding hydrogens is 298 g/mol. The molecule has 2 aromatic heterocycles. The summed E-state index contributed by atoms with van der Waals surface area (Å²) in [6, 6.07) is 11.2. The van der Waals surface area contributed by atoms with Crippen molar-refractivity contribution in [1.29, 1.82) is 0 Å². The fourth-order valence-electron chi connectivity index (χ4n) is 2.25. The minimum absolute atomic E-state index is 0.0631. The van der Waals surface area contributed by atoms with Crippen LogP contribution in [0.3, 0.4) is 0 Å². The van der Waals surface area contributed by atoms with Crippen molar-refractivity contribution in [3.8, 4) is 0 Å². The van der Waals surface area contributed by atoms with Crippen molar-refractivity contribution >= 4 is 23.2 Å². The summed E-state index contributed by atoms with van der Waals surface area (Å²) in [6.45, 7) is 2.54. The van der Waals surface area contributed by atoms with Gasteiger partial charge in [-0.2, -0.15) is 0 Å². The minimum Gasteiger partial charge on any atom is -0.352 e. The molecule has 5 heteroatoms. The summed E-state index contributed by atoms with van der Waals surface area (Å²) in [6.07, 6.45) is 4.43. The SMILES string of the molecule is Cc1ccc(C(=O)NCCc2cn3cc(Cl)ccc3n2)cc1. The van der Waals surface area contributed by atoms with E-state index in [9.17, 15) is 4.79 Å². The highest BCUT2D eigenvalue weighted by atomic mass is 35.5. The Labute approximate surface area is 133 Å². The lowest BCUT2D eigenvalue weighted by molar-refractivity contribution is 0.0954. The van der Waals surface area contributed by atoms with Crippen LogP contribution in [0.1, 0.15) is 21.6 Å². The molecule has 3 rings (SSSR count). The maximum Gasteiger partial charge on any atom is 0.251 e. The molecule has 1 amide bonds. The molecule has 0 fully saturated rings. The first-order valence-corrected chi connectivity index (χ1v) is 7.47. The summed E-state index contributed by atoms with van der Waals surface area (Å²) < 4.78 is 1.89. The smallest absolute Gasteiger partial charge is 0.251 e. The van der Waals surface area contributed by atoms with Gasteiger partial charge in [-0.1, -0.05) is 29.3 Å². The van der Waals surface area contributed by atoms with Gasteiger partial charge in [-0.3, -0.25) is 4.79 Å². The zero-order valence-electron chi connectivity index (χ0n) is 12.2. The Morgan fingerprint density at radius 3 is 2.73 bits per heavy atom. The molecule has 2 heterocycles. The number of halogens is 1. The molecule has 0 spiro atoms. The van der Waals surface area contributed by atoms with Gasteiger partial charge in [0.2, 0.25) is 0 Å². The Balaban J connectivity index is 1.59. The first-order chi connectivity index (χ1) is 10.6. The largest absolute Gasteiger partial charge is 0.352 e. The molecule has 0 unspecified atom stereocenters. The number of carbonyl (C=O) groups excluding carboxylic acids is 1. The lowest BCUT2D eigenvalue weighted by Crippen LogP contribution is -2.25. The van der Waals surface area contributed by atoms with Gasteiger partial charge in [0, 0.05) is 30.9 Å². The van der Waals surface area contributed by atoms with Crippen LogP contribution in [0.5, 0.6) is 0 Å². The summed E-state index contributed by atoms with van der Waals surface area (Å²) in [5.41, 5.74) is 3.59. The van der Waals surface area contributed by atoms with Crippen LogP contribution in [-0.4, -0.2) is 21.8 Å². The minimum atomic E-state index is -0.0631. The van der Waals surface area contributed by atoms with E-state index < -0.39 is 0 Å². The van der Waals surface area contributed by atoms with Gasteiger partial charge in [-0.05, 0) is 31.2 Å². The molecule has 0 radical (unpaired) electrons. The van der Waals surface area contributed by atoms with Crippen molar-refractivity contribution in [2.45, 2.75) is 13.3 Å². The fraction of sp³-hybridized carbons (Fsp3) is 0.176. The summed E-state index contributed by atoms with van der Waals surface area (Å²) in [5, 5.41) is 3.58. The normalized spacial score (nSPS) is 10.8. The summed E-state index contributed by atoms with van der Waals surface area (Å²) in [4.78, 5) is 16.5. The summed E-state index contributed by atoms with van der Waals surface area (Å²) >= 11 is 5.95. The van der Waals surface area contributed by atoms with Crippen molar-refractivity contribution in [3.63, 3.8) is 0 Å². The van der Waals surface area contributed by atoms with Crippen molar-refractivity contribution < 1.29 is 4.79 Å². The van der Waals surface area contributed by atoms with Crippen LogP contribution in [-0.2, 0) is 6.42 Å². The second kappa shape index (κ2) is 6.20. The second-order valence-corrected chi connectivity index (χ2v) is 5.65. The molecule has 0 atom stereocenters. The maximum atomic E-state index is 12.0. The highest BCUT2D eigenvalue weighted by Crippen LogP contribution is 2.12.